The number of piperazine rings is 1. The van der Waals surface area contributed by atoms with E-state index in [1.54, 1.807) is 29.9 Å². The van der Waals surface area contributed by atoms with Crippen LogP contribution in [-0.4, -0.2) is 141 Å². The van der Waals surface area contributed by atoms with E-state index >= 15 is 13.2 Å². The molecule has 2 spiro atoms. The number of pyridine rings is 1. The van der Waals surface area contributed by atoms with Crippen molar-refractivity contribution in [2.75, 3.05) is 88.5 Å². The van der Waals surface area contributed by atoms with E-state index in [0.29, 0.717) is 85.2 Å². The number of halogens is 3. The molecule has 0 bridgehead atoms. The second kappa shape index (κ2) is 18.4. The molecular weight excluding hydrogens is 978 g/mol. The van der Waals surface area contributed by atoms with Crippen LogP contribution >= 0.6 is 0 Å². The van der Waals surface area contributed by atoms with Gasteiger partial charge in [0.1, 0.15) is 40.3 Å². The summed E-state index contributed by atoms with van der Waals surface area (Å²) >= 11 is 0. The molecule has 3 aromatic carbocycles. The number of imidazole rings is 1. The summed E-state index contributed by atoms with van der Waals surface area (Å²) in [6.07, 6.45) is 10.2. The quantitative estimate of drug-likeness (QED) is 0.117. The average Bonchev–Trinajstić information content (AvgIpc) is 4.18. The Morgan fingerprint density at radius 3 is 2.37 bits per heavy atom. The first-order chi connectivity index (χ1) is 36.6. The first-order valence-corrected chi connectivity index (χ1v) is 27.4. The molecule has 5 aliphatic heterocycles. The average molecular weight is 1040 g/mol. The van der Waals surface area contributed by atoms with Crippen molar-refractivity contribution in [3.8, 4) is 23.0 Å². The number of alkyl halides is 1. The van der Waals surface area contributed by atoms with E-state index in [1.807, 2.05) is 25.1 Å². The second-order valence-electron chi connectivity index (χ2n) is 23.5. The molecule has 3 aromatic heterocycles. The number of imide groups is 1. The number of ether oxygens (including phenoxy) is 2. The summed E-state index contributed by atoms with van der Waals surface area (Å²) in [6.45, 7) is 10.2. The SMILES string of the molecule is CCc1c(F)ccc2cc(O)cc(-c3ncc4c(N5CCC[C@]6(CCO6)C5)nc(OCC5(CN6CCC7(CC6)CC(F)(CN6CCN(c8ccc9c(c8)n(C)c(=O)n9C8CCC(=O)NC8=O)CC6)C7)CC5)nc4c3F)c12. The number of hydrogen-bond acceptors (Lipinski definition) is 13. The number of aryl methyl sites for hydroxylation is 2. The molecule has 0 radical (unpaired) electrons. The number of rotatable bonds is 12. The minimum absolute atomic E-state index is 0.0115. The summed E-state index contributed by atoms with van der Waals surface area (Å²) in [4.78, 5) is 61.3. The van der Waals surface area contributed by atoms with E-state index in [1.165, 1.54) is 16.7 Å². The maximum Gasteiger partial charge on any atom is 0.329 e. The zero-order chi connectivity index (χ0) is 52.3. The fraction of sp³-hybridized carbons (Fsp3) is 0.544. The van der Waals surface area contributed by atoms with Crippen LogP contribution in [0.4, 0.5) is 24.7 Å². The van der Waals surface area contributed by atoms with Gasteiger partial charge in [0.25, 0.3) is 0 Å². The third kappa shape index (κ3) is 8.64. The Labute approximate surface area is 438 Å². The Balaban J connectivity index is 0.647. The molecule has 400 valence electrons. The molecule has 2 saturated carbocycles. The highest BCUT2D eigenvalue weighted by atomic mass is 19.1. The van der Waals surface area contributed by atoms with Crippen molar-refractivity contribution in [1.82, 2.24) is 39.2 Å². The zero-order valence-electron chi connectivity index (χ0n) is 43.3. The van der Waals surface area contributed by atoms with Crippen LogP contribution in [0.2, 0.25) is 0 Å². The molecule has 2 aliphatic carbocycles. The van der Waals surface area contributed by atoms with Crippen molar-refractivity contribution >= 4 is 56.0 Å². The molecule has 2 amide bonds. The first kappa shape index (κ1) is 49.3. The number of amides is 2. The van der Waals surface area contributed by atoms with Crippen LogP contribution in [0, 0.1) is 22.5 Å². The van der Waals surface area contributed by atoms with E-state index in [9.17, 15) is 19.5 Å². The van der Waals surface area contributed by atoms with Crippen LogP contribution < -0.4 is 25.5 Å². The third-order valence-corrected chi connectivity index (χ3v) is 18.4. The van der Waals surface area contributed by atoms with Crippen molar-refractivity contribution in [2.24, 2.45) is 17.9 Å². The van der Waals surface area contributed by atoms with Gasteiger partial charge in [0.15, 0.2) is 5.82 Å². The van der Waals surface area contributed by atoms with E-state index in [-0.39, 0.29) is 69.4 Å². The lowest BCUT2D eigenvalue weighted by molar-refractivity contribution is -0.151. The number of aromatic nitrogens is 5. The normalized spacial score (nSPS) is 24.4. The highest BCUT2D eigenvalue weighted by Gasteiger charge is 2.57. The van der Waals surface area contributed by atoms with Gasteiger partial charge >= 0.3 is 11.7 Å². The minimum Gasteiger partial charge on any atom is -0.508 e. The number of nitrogens with zero attached hydrogens (tertiary/aromatic N) is 9. The van der Waals surface area contributed by atoms with Gasteiger partial charge in [0.05, 0.1) is 35.2 Å². The molecule has 2 atom stereocenters. The first-order valence-electron chi connectivity index (χ1n) is 27.4. The molecule has 7 fully saturated rings. The van der Waals surface area contributed by atoms with Gasteiger partial charge < -0.3 is 29.3 Å². The van der Waals surface area contributed by atoms with Crippen molar-refractivity contribution in [1.29, 1.82) is 0 Å². The minimum atomic E-state index is -1.21. The largest absolute Gasteiger partial charge is 0.508 e. The lowest BCUT2D eigenvalue weighted by atomic mass is 9.55. The lowest BCUT2D eigenvalue weighted by Crippen LogP contribution is -2.60. The number of phenolic OH excluding ortho intramolecular Hbond substituents is 1. The van der Waals surface area contributed by atoms with Crippen molar-refractivity contribution in [3.63, 3.8) is 0 Å². The summed E-state index contributed by atoms with van der Waals surface area (Å²) in [5, 5.41) is 14.7. The van der Waals surface area contributed by atoms with Crippen molar-refractivity contribution < 1.29 is 37.3 Å². The second-order valence-corrected chi connectivity index (χ2v) is 23.5. The number of anilines is 2. The highest BCUT2D eigenvalue weighted by Crippen LogP contribution is 2.58. The number of aromatic hydroxyl groups is 1. The molecule has 1 unspecified atom stereocenters. The van der Waals surface area contributed by atoms with Crippen LogP contribution in [0.1, 0.15) is 89.2 Å². The number of carbonyl (C=O) groups excluding carboxylic acids is 2. The summed E-state index contributed by atoms with van der Waals surface area (Å²) in [7, 11) is 1.70. The summed E-state index contributed by atoms with van der Waals surface area (Å²) in [6, 6.07) is 11.1. The summed E-state index contributed by atoms with van der Waals surface area (Å²) in [5.41, 5.74) is 1.20. The third-order valence-electron chi connectivity index (χ3n) is 18.4. The maximum absolute atomic E-state index is 17.3. The highest BCUT2D eigenvalue weighted by molar-refractivity contribution is 6.02. The van der Waals surface area contributed by atoms with Gasteiger partial charge in [-0.1, -0.05) is 13.0 Å². The summed E-state index contributed by atoms with van der Waals surface area (Å²) < 4.78 is 64.8. The lowest BCUT2D eigenvalue weighted by Gasteiger charge is -2.57. The van der Waals surface area contributed by atoms with Crippen molar-refractivity contribution in [3.05, 3.63) is 76.3 Å². The number of phenols is 1. The van der Waals surface area contributed by atoms with Gasteiger partial charge in [0, 0.05) is 95.1 Å². The van der Waals surface area contributed by atoms with Gasteiger partial charge in [0.2, 0.25) is 11.8 Å². The molecule has 6 aromatic rings. The Morgan fingerprint density at radius 1 is 0.868 bits per heavy atom. The maximum atomic E-state index is 17.3. The molecular formula is C57H65F3N10O6. The van der Waals surface area contributed by atoms with E-state index in [0.717, 1.165) is 102 Å². The number of benzene rings is 3. The number of carbonyl (C=O) groups is 2. The van der Waals surface area contributed by atoms with Crippen LogP contribution in [-0.2, 0) is 27.8 Å². The van der Waals surface area contributed by atoms with E-state index in [2.05, 4.69) is 29.9 Å². The number of likely N-dealkylation sites (tertiary alicyclic amines) is 1. The Kier molecular flexibility index (Phi) is 11.9. The molecule has 19 heteroatoms. The molecule has 8 heterocycles. The monoisotopic (exact) mass is 1040 g/mol. The van der Waals surface area contributed by atoms with Crippen LogP contribution in [0.15, 0.2) is 53.5 Å². The Bertz CT molecular complexity index is 3390. The molecule has 7 aliphatic rings. The van der Waals surface area contributed by atoms with Crippen molar-refractivity contribution in [2.45, 2.75) is 101 Å². The van der Waals surface area contributed by atoms with Crippen LogP contribution in [0.25, 0.3) is 44.0 Å². The topological polar surface area (TPSA) is 163 Å². The number of hydrogen-bond donors (Lipinski definition) is 2. The predicted molar refractivity (Wildman–Crippen MR) is 282 cm³/mol. The van der Waals surface area contributed by atoms with Gasteiger partial charge in [-0.05, 0) is 135 Å². The van der Waals surface area contributed by atoms with Gasteiger partial charge in [-0.2, -0.15) is 9.97 Å². The number of nitrogens with one attached hydrogen (secondary N) is 1. The van der Waals surface area contributed by atoms with E-state index < -0.39 is 29.3 Å². The number of fused-ring (bicyclic) bond motifs is 3. The standard InChI is InChI=1S/C57H65F3N10O6/c1-3-38-41(58)7-5-35-25-37(71)27-39(46(35)38)48-47(59)49-40(28-61-48)50(69-17-4-11-57(33-69)16-24-76-57)64-52(63-49)75-34-55(12-13-55)31-66-18-14-54(15-19-66)29-56(60,30-54)32-67-20-22-68(23-21-67)36-6-8-42-44(26-36)65(2)53(74)70(42)43-9-10-45(72)62-51(43)73/h5-8,25-28,43,71H,3-4,9-24,29-34H2,1-2H3,(H,62,72,73)/t43?,57-/m0/s1. The predicted octanol–water partition coefficient (Wildman–Crippen LogP) is 7.35. The van der Waals surface area contributed by atoms with Gasteiger partial charge in [-0.25, -0.2) is 18.0 Å². The zero-order valence-corrected chi connectivity index (χ0v) is 43.3. The molecule has 13 rings (SSSR count). The van der Waals surface area contributed by atoms with E-state index in [4.69, 9.17) is 19.4 Å². The molecule has 5 saturated heterocycles. The smallest absolute Gasteiger partial charge is 0.329 e. The Morgan fingerprint density at radius 2 is 1.64 bits per heavy atom. The molecule has 76 heavy (non-hydrogen) atoms. The summed E-state index contributed by atoms with van der Waals surface area (Å²) in [5.74, 6) is -1.42. The fourth-order valence-electron chi connectivity index (χ4n) is 14.0. The molecule has 2 N–H and O–H groups in total. The van der Waals surface area contributed by atoms with Gasteiger partial charge in [-0.15, -0.1) is 0 Å². The van der Waals surface area contributed by atoms with Crippen LogP contribution in [0.5, 0.6) is 11.8 Å². The fourth-order valence-corrected chi connectivity index (χ4v) is 14.0. The molecule has 16 nitrogen and oxygen atoms in total. The van der Waals surface area contributed by atoms with Gasteiger partial charge in [-0.3, -0.25) is 33.9 Å². The Hall–Kier alpha value is -6.31. The van der Waals surface area contributed by atoms with Crippen LogP contribution in [0.3, 0.4) is 0 Å². The number of piperidine rings is 3.